The highest BCUT2D eigenvalue weighted by atomic mass is 16.7. The summed E-state index contributed by atoms with van der Waals surface area (Å²) in [6.07, 6.45) is 1.24. The third-order valence-corrected chi connectivity index (χ3v) is 1.89. The van der Waals surface area contributed by atoms with Crippen LogP contribution in [0.15, 0.2) is 0 Å². The number of rotatable bonds is 5. The molecule has 0 amide bonds. The summed E-state index contributed by atoms with van der Waals surface area (Å²) in [6.45, 7) is 6.25. The minimum absolute atomic E-state index is 0.451. The second-order valence-electron chi connectivity index (χ2n) is 2.84. The lowest BCUT2D eigenvalue weighted by molar-refractivity contribution is -0.0586. The Bertz CT molecular complexity index is 92.1. The lowest BCUT2D eigenvalue weighted by Gasteiger charge is -2.08. The van der Waals surface area contributed by atoms with Crippen LogP contribution in [0.1, 0.15) is 13.3 Å². The Labute approximate surface area is 68.1 Å². The van der Waals surface area contributed by atoms with Crippen LogP contribution in [0.4, 0.5) is 0 Å². The molecule has 66 valence electrons. The summed E-state index contributed by atoms with van der Waals surface area (Å²) < 4.78 is 10.3. The maximum atomic E-state index is 5.30. The van der Waals surface area contributed by atoms with E-state index in [1.54, 1.807) is 0 Å². The molecular weight excluding hydrogens is 142 g/mol. The molecule has 1 aliphatic heterocycles. The first-order valence-corrected chi connectivity index (χ1v) is 4.29. The van der Waals surface area contributed by atoms with Crippen molar-refractivity contribution in [2.45, 2.75) is 13.3 Å². The first-order chi connectivity index (χ1) is 5.43. The van der Waals surface area contributed by atoms with Crippen LogP contribution in [0, 0.1) is 5.92 Å². The molecule has 1 N–H and O–H groups in total. The van der Waals surface area contributed by atoms with Gasteiger partial charge in [0.25, 0.3) is 0 Å². The van der Waals surface area contributed by atoms with Gasteiger partial charge in [-0.3, -0.25) is 0 Å². The fraction of sp³-hybridized carbons (Fsp3) is 1.00. The molecule has 1 heterocycles. The molecule has 0 saturated carbocycles. The minimum atomic E-state index is 0.451. The molecule has 1 rings (SSSR count). The molecule has 1 unspecified atom stereocenters. The van der Waals surface area contributed by atoms with Crippen molar-refractivity contribution in [3.63, 3.8) is 0 Å². The maximum Gasteiger partial charge on any atom is 0.146 e. The Morgan fingerprint density at radius 3 is 3.00 bits per heavy atom. The Hall–Kier alpha value is -0.120. The summed E-state index contributed by atoms with van der Waals surface area (Å²) in [5.41, 5.74) is 0. The molecule has 3 nitrogen and oxygen atoms in total. The minimum Gasteiger partial charge on any atom is -0.356 e. The van der Waals surface area contributed by atoms with Crippen molar-refractivity contribution in [1.29, 1.82) is 0 Å². The van der Waals surface area contributed by atoms with Crippen molar-refractivity contribution in [1.82, 2.24) is 5.32 Å². The number of ether oxygens (including phenoxy) is 2. The normalized spacial score (nSPS) is 24.3. The highest BCUT2D eigenvalue weighted by Gasteiger charge is 2.13. The number of hydrogen-bond acceptors (Lipinski definition) is 3. The summed E-state index contributed by atoms with van der Waals surface area (Å²) >= 11 is 0. The van der Waals surface area contributed by atoms with Gasteiger partial charge in [-0.2, -0.15) is 0 Å². The van der Waals surface area contributed by atoms with E-state index in [0.717, 1.165) is 26.3 Å². The van der Waals surface area contributed by atoms with E-state index in [9.17, 15) is 0 Å². The molecule has 3 heteroatoms. The zero-order valence-electron chi connectivity index (χ0n) is 7.14. The Kier molecular flexibility index (Phi) is 4.50. The van der Waals surface area contributed by atoms with Gasteiger partial charge in [0.2, 0.25) is 0 Å². The second kappa shape index (κ2) is 5.52. The van der Waals surface area contributed by atoms with Crippen molar-refractivity contribution in [2.24, 2.45) is 5.92 Å². The van der Waals surface area contributed by atoms with E-state index in [-0.39, 0.29) is 0 Å². The number of nitrogens with one attached hydrogen (secondary N) is 1. The van der Waals surface area contributed by atoms with Gasteiger partial charge in [-0.25, -0.2) is 0 Å². The third kappa shape index (κ3) is 3.70. The van der Waals surface area contributed by atoms with Crippen molar-refractivity contribution in [2.75, 3.05) is 33.1 Å². The molecule has 0 radical (unpaired) electrons. The van der Waals surface area contributed by atoms with Crippen LogP contribution in [-0.2, 0) is 9.47 Å². The molecular formula is C8H17NO2. The zero-order chi connectivity index (χ0) is 7.94. The van der Waals surface area contributed by atoms with Gasteiger partial charge in [-0.1, -0.05) is 0 Å². The van der Waals surface area contributed by atoms with Crippen molar-refractivity contribution in [3.8, 4) is 0 Å². The fourth-order valence-electron chi connectivity index (χ4n) is 1.21. The lowest BCUT2D eigenvalue weighted by Crippen LogP contribution is -2.14. The van der Waals surface area contributed by atoms with E-state index in [2.05, 4.69) is 5.32 Å². The van der Waals surface area contributed by atoms with Crippen LogP contribution in [0.5, 0.6) is 0 Å². The predicted octanol–water partition coefficient (Wildman–Crippen LogP) is 0.607. The summed E-state index contributed by atoms with van der Waals surface area (Å²) in [5.74, 6) is 0.704. The topological polar surface area (TPSA) is 30.5 Å². The number of hydrogen-bond donors (Lipinski definition) is 1. The van der Waals surface area contributed by atoms with Gasteiger partial charge in [-0.05, 0) is 25.8 Å². The second-order valence-corrected chi connectivity index (χ2v) is 2.84. The van der Waals surface area contributed by atoms with Gasteiger partial charge in [0.05, 0.1) is 6.61 Å². The molecule has 0 bridgehead atoms. The van der Waals surface area contributed by atoms with E-state index in [4.69, 9.17) is 9.47 Å². The third-order valence-electron chi connectivity index (χ3n) is 1.89. The Morgan fingerprint density at radius 1 is 1.45 bits per heavy atom. The summed E-state index contributed by atoms with van der Waals surface area (Å²) in [7, 11) is 0. The molecule has 1 saturated heterocycles. The van der Waals surface area contributed by atoms with E-state index < -0.39 is 0 Å². The van der Waals surface area contributed by atoms with Crippen LogP contribution < -0.4 is 5.32 Å². The Morgan fingerprint density at radius 2 is 2.36 bits per heavy atom. The lowest BCUT2D eigenvalue weighted by atomic mass is 10.1. The molecule has 1 fully saturated rings. The van der Waals surface area contributed by atoms with Crippen LogP contribution in [0.3, 0.4) is 0 Å². The van der Waals surface area contributed by atoms with E-state index in [1.165, 1.54) is 6.42 Å². The van der Waals surface area contributed by atoms with Crippen LogP contribution >= 0.6 is 0 Å². The molecule has 1 aliphatic rings. The summed E-state index contributed by atoms with van der Waals surface area (Å²) in [4.78, 5) is 0. The van der Waals surface area contributed by atoms with Gasteiger partial charge < -0.3 is 14.8 Å². The zero-order valence-corrected chi connectivity index (χ0v) is 7.14. The monoisotopic (exact) mass is 159 g/mol. The fourth-order valence-corrected chi connectivity index (χ4v) is 1.21. The van der Waals surface area contributed by atoms with Gasteiger partial charge in [0.15, 0.2) is 0 Å². The summed E-state index contributed by atoms with van der Waals surface area (Å²) in [6, 6.07) is 0. The summed E-state index contributed by atoms with van der Waals surface area (Å²) in [5, 5.41) is 3.29. The molecule has 0 aliphatic carbocycles. The van der Waals surface area contributed by atoms with Gasteiger partial charge in [-0.15, -0.1) is 0 Å². The molecule has 0 aromatic heterocycles. The first kappa shape index (κ1) is 8.97. The standard InChI is InChI=1S/C8H17NO2/c1-2-10-7-11-6-8-3-4-9-5-8/h8-9H,2-7H2,1H3. The van der Waals surface area contributed by atoms with Crippen molar-refractivity contribution >= 4 is 0 Å². The predicted molar refractivity (Wildman–Crippen MR) is 43.4 cm³/mol. The SMILES string of the molecule is CCOCOCC1CCNC1. The smallest absolute Gasteiger partial charge is 0.146 e. The van der Waals surface area contributed by atoms with Crippen LogP contribution in [0.25, 0.3) is 0 Å². The molecule has 0 aromatic carbocycles. The average molecular weight is 159 g/mol. The molecule has 0 aromatic rings. The van der Waals surface area contributed by atoms with E-state index in [1.807, 2.05) is 6.92 Å². The van der Waals surface area contributed by atoms with Gasteiger partial charge >= 0.3 is 0 Å². The highest BCUT2D eigenvalue weighted by molar-refractivity contribution is 4.69. The first-order valence-electron chi connectivity index (χ1n) is 4.29. The van der Waals surface area contributed by atoms with Gasteiger partial charge in [0, 0.05) is 13.2 Å². The van der Waals surface area contributed by atoms with E-state index >= 15 is 0 Å². The maximum absolute atomic E-state index is 5.30. The highest BCUT2D eigenvalue weighted by Crippen LogP contribution is 2.06. The Balaban J connectivity index is 1.86. The van der Waals surface area contributed by atoms with Crippen LogP contribution in [-0.4, -0.2) is 33.1 Å². The largest absolute Gasteiger partial charge is 0.356 e. The average Bonchev–Trinajstić information content (AvgIpc) is 2.50. The van der Waals surface area contributed by atoms with Crippen LogP contribution in [0.2, 0.25) is 0 Å². The van der Waals surface area contributed by atoms with Crippen molar-refractivity contribution in [3.05, 3.63) is 0 Å². The van der Waals surface area contributed by atoms with Gasteiger partial charge in [0.1, 0.15) is 6.79 Å². The quantitative estimate of drug-likeness (QED) is 0.471. The molecule has 0 spiro atoms. The van der Waals surface area contributed by atoms with Crippen molar-refractivity contribution < 1.29 is 9.47 Å². The van der Waals surface area contributed by atoms with E-state index in [0.29, 0.717) is 12.7 Å². The molecule has 11 heavy (non-hydrogen) atoms. The molecule has 1 atom stereocenters.